The number of fused-ring (bicyclic) bond motifs is 1. The molecule has 0 unspecified atom stereocenters. The Balaban J connectivity index is 2.09. The van der Waals surface area contributed by atoms with Crippen LogP contribution in [0.4, 0.5) is 0 Å². The fourth-order valence-electron chi connectivity index (χ4n) is 2.97. The number of amides is 1. The number of carbonyl (C=O) groups excluding carboxylic acids is 2. The maximum Gasteiger partial charge on any atom is 0.338 e. The second-order valence-electron chi connectivity index (χ2n) is 7.12. The van der Waals surface area contributed by atoms with Crippen LogP contribution in [-0.2, 0) is 21.1 Å². The van der Waals surface area contributed by atoms with Gasteiger partial charge in [-0.3, -0.25) is 4.79 Å². The summed E-state index contributed by atoms with van der Waals surface area (Å²) in [4.78, 5) is 29.5. The second-order valence-corrected chi connectivity index (χ2v) is 10.6. The first-order chi connectivity index (χ1) is 15.2. The third kappa shape index (κ3) is 4.66. The van der Waals surface area contributed by atoms with Crippen molar-refractivity contribution in [2.75, 3.05) is 6.61 Å². The molecule has 0 saturated carbocycles. The first kappa shape index (κ1) is 23.4. The van der Waals surface area contributed by atoms with Gasteiger partial charge in [0.05, 0.1) is 39.1 Å². The minimum Gasteiger partial charge on any atom is -0.462 e. The molecule has 0 bridgehead atoms. The predicted octanol–water partition coefficient (Wildman–Crippen LogP) is 3.44. The zero-order valence-corrected chi connectivity index (χ0v) is 19.5. The number of hydrogen-bond donors (Lipinski definition) is 0. The van der Waals surface area contributed by atoms with Gasteiger partial charge in [0.25, 0.3) is 5.91 Å². The summed E-state index contributed by atoms with van der Waals surface area (Å²) in [5, 5.41) is -0.612. The van der Waals surface area contributed by atoms with Gasteiger partial charge in [0, 0.05) is 5.56 Å². The maximum absolute atomic E-state index is 12.9. The Labute approximate surface area is 190 Å². The average molecular weight is 471 g/mol. The molecule has 0 aliphatic heterocycles. The van der Waals surface area contributed by atoms with Gasteiger partial charge in [0.2, 0.25) is 0 Å². The summed E-state index contributed by atoms with van der Waals surface area (Å²) in [6.45, 7) is 5.33. The standard InChI is InChI=1S/C23H22N2O5S2/c1-5-12-25-19-11-10-17(22(27)30-6-2)14-20(19)31-23(25)24-21(26)16-8-7-9-18(13-16)32(28,29)15(3)4/h1,7-11,13-15H,6,12H2,2-4H3. The van der Waals surface area contributed by atoms with Crippen molar-refractivity contribution in [2.24, 2.45) is 4.99 Å². The zero-order chi connectivity index (χ0) is 23.5. The third-order valence-electron chi connectivity index (χ3n) is 4.67. The van der Waals surface area contributed by atoms with E-state index in [-0.39, 0.29) is 23.6 Å². The molecule has 0 fully saturated rings. The smallest absolute Gasteiger partial charge is 0.338 e. The molecular weight excluding hydrogens is 448 g/mol. The molecule has 0 radical (unpaired) electrons. The van der Waals surface area contributed by atoms with E-state index < -0.39 is 27.0 Å². The lowest BCUT2D eigenvalue weighted by atomic mass is 10.2. The van der Waals surface area contributed by atoms with Crippen LogP contribution in [0.2, 0.25) is 0 Å². The van der Waals surface area contributed by atoms with E-state index >= 15 is 0 Å². The summed E-state index contributed by atoms with van der Waals surface area (Å²) in [7, 11) is -3.53. The lowest BCUT2D eigenvalue weighted by Crippen LogP contribution is -2.17. The van der Waals surface area contributed by atoms with Crippen molar-refractivity contribution < 1.29 is 22.7 Å². The van der Waals surface area contributed by atoms with Gasteiger partial charge >= 0.3 is 5.97 Å². The molecule has 3 aromatic rings. The van der Waals surface area contributed by atoms with Gasteiger partial charge in [-0.15, -0.1) is 6.42 Å². The van der Waals surface area contributed by atoms with Crippen LogP contribution in [0.5, 0.6) is 0 Å². The third-order valence-corrected chi connectivity index (χ3v) is 7.86. The van der Waals surface area contributed by atoms with Crippen molar-refractivity contribution >= 4 is 43.3 Å². The number of esters is 1. The number of thiazole rings is 1. The maximum atomic E-state index is 12.9. The molecule has 9 heteroatoms. The number of benzene rings is 2. The minimum absolute atomic E-state index is 0.0699. The summed E-state index contributed by atoms with van der Waals surface area (Å²) >= 11 is 1.21. The monoisotopic (exact) mass is 470 g/mol. The highest BCUT2D eigenvalue weighted by Gasteiger charge is 2.20. The lowest BCUT2D eigenvalue weighted by Gasteiger charge is -2.08. The van der Waals surface area contributed by atoms with Crippen LogP contribution in [0, 0.1) is 12.3 Å². The second kappa shape index (κ2) is 9.51. The highest BCUT2D eigenvalue weighted by molar-refractivity contribution is 7.92. The lowest BCUT2D eigenvalue weighted by molar-refractivity contribution is 0.0526. The number of terminal acetylenes is 1. The Morgan fingerprint density at radius 2 is 1.94 bits per heavy atom. The van der Waals surface area contributed by atoms with E-state index in [2.05, 4.69) is 10.9 Å². The molecule has 166 valence electrons. The van der Waals surface area contributed by atoms with E-state index in [4.69, 9.17) is 11.2 Å². The van der Waals surface area contributed by atoms with Gasteiger partial charge < -0.3 is 9.30 Å². The molecule has 2 aromatic carbocycles. The van der Waals surface area contributed by atoms with Crippen LogP contribution in [0.25, 0.3) is 10.2 Å². The largest absolute Gasteiger partial charge is 0.462 e. The first-order valence-electron chi connectivity index (χ1n) is 9.86. The summed E-state index contributed by atoms with van der Waals surface area (Å²) < 4.78 is 32.4. The van der Waals surface area contributed by atoms with Crippen LogP contribution >= 0.6 is 11.3 Å². The Morgan fingerprint density at radius 3 is 2.59 bits per heavy atom. The molecule has 0 atom stereocenters. The highest BCUT2D eigenvalue weighted by Crippen LogP contribution is 2.21. The van der Waals surface area contributed by atoms with Crippen molar-refractivity contribution in [1.82, 2.24) is 4.57 Å². The van der Waals surface area contributed by atoms with E-state index in [0.717, 1.165) is 5.52 Å². The number of rotatable bonds is 6. The van der Waals surface area contributed by atoms with Crippen LogP contribution in [0.15, 0.2) is 52.4 Å². The van der Waals surface area contributed by atoms with Gasteiger partial charge in [-0.05, 0) is 57.2 Å². The molecule has 0 spiro atoms. The molecule has 32 heavy (non-hydrogen) atoms. The molecule has 1 heterocycles. The van der Waals surface area contributed by atoms with Crippen LogP contribution in [0.3, 0.4) is 0 Å². The summed E-state index contributed by atoms with van der Waals surface area (Å²) in [6.07, 6.45) is 5.50. The topological polar surface area (TPSA) is 94.8 Å². The Hall–Kier alpha value is -3.22. The van der Waals surface area contributed by atoms with Gasteiger partial charge in [0.15, 0.2) is 14.6 Å². The van der Waals surface area contributed by atoms with Crippen molar-refractivity contribution in [1.29, 1.82) is 0 Å². The molecule has 3 rings (SSSR count). The first-order valence-corrected chi connectivity index (χ1v) is 12.2. The normalized spacial score (nSPS) is 12.2. The van der Waals surface area contributed by atoms with E-state index in [1.807, 2.05) is 0 Å². The van der Waals surface area contributed by atoms with Crippen molar-refractivity contribution in [3.8, 4) is 12.3 Å². The zero-order valence-electron chi connectivity index (χ0n) is 17.9. The van der Waals surface area contributed by atoms with Crippen LogP contribution in [-0.4, -0.2) is 36.7 Å². The predicted molar refractivity (Wildman–Crippen MR) is 123 cm³/mol. The van der Waals surface area contributed by atoms with Crippen LogP contribution in [0.1, 0.15) is 41.5 Å². The van der Waals surface area contributed by atoms with Crippen LogP contribution < -0.4 is 4.80 Å². The number of carbonyl (C=O) groups is 2. The van der Waals surface area contributed by atoms with E-state index in [0.29, 0.717) is 15.1 Å². The fraction of sp³-hybridized carbons (Fsp3) is 0.261. The van der Waals surface area contributed by atoms with Gasteiger partial charge in [-0.1, -0.05) is 23.3 Å². The van der Waals surface area contributed by atoms with Crippen molar-refractivity contribution in [3.63, 3.8) is 0 Å². The Kier molecular flexibility index (Phi) is 6.96. The van der Waals surface area contributed by atoms with Crippen molar-refractivity contribution in [3.05, 3.63) is 58.4 Å². The summed E-state index contributed by atoms with van der Waals surface area (Å²) in [6, 6.07) is 10.9. The number of ether oxygens (including phenoxy) is 1. The molecule has 1 amide bonds. The van der Waals surface area contributed by atoms with Gasteiger partial charge in [0.1, 0.15) is 0 Å². The Bertz CT molecular complexity index is 1410. The van der Waals surface area contributed by atoms with E-state index in [1.165, 1.54) is 35.6 Å². The summed E-state index contributed by atoms with van der Waals surface area (Å²) in [5.74, 6) is 1.51. The van der Waals surface area contributed by atoms with Crippen molar-refractivity contribution in [2.45, 2.75) is 37.5 Å². The minimum atomic E-state index is -3.53. The number of sulfone groups is 1. The molecule has 7 nitrogen and oxygen atoms in total. The molecule has 0 N–H and O–H groups in total. The molecule has 1 aromatic heterocycles. The van der Waals surface area contributed by atoms with E-state index in [9.17, 15) is 18.0 Å². The molecule has 0 aliphatic rings. The molecule has 0 saturated heterocycles. The fourth-order valence-corrected chi connectivity index (χ4v) is 5.14. The SMILES string of the molecule is C#CCn1c(=NC(=O)c2cccc(S(=O)(=O)C(C)C)c2)sc2cc(C(=O)OCC)ccc21. The van der Waals surface area contributed by atoms with Gasteiger partial charge in [-0.25, -0.2) is 13.2 Å². The summed E-state index contributed by atoms with van der Waals surface area (Å²) in [5.41, 5.74) is 1.27. The van der Waals surface area contributed by atoms with Gasteiger partial charge in [-0.2, -0.15) is 4.99 Å². The Morgan fingerprint density at radius 1 is 1.19 bits per heavy atom. The molecule has 0 aliphatic carbocycles. The number of nitrogens with zero attached hydrogens (tertiary/aromatic N) is 2. The highest BCUT2D eigenvalue weighted by atomic mass is 32.2. The quantitative estimate of drug-likeness (QED) is 0.406. The number of aromatic nitrogens is 1. The average Bonchev–Trinajstić information content (AvgIpc) is 3.10. The molecular formula is C23H22N2O5S2. The van der Waals surface area contributed by atoms with E-state index in [1.54, 1.807) is 43.5 Å². The number of hydrogen-bond acceptors (Lipinski definition) is 6.